The van der Waals surface area contributed by atoms with Crippen molar-refractivity contribution in [3.05, 3.63) is 83.8 Å². The summed E-state index contributed by atoms with van der Waals surface area (Å²) in [5.41, 5.74) is 2.81. The normalized spacial score (nSPS) is 11.0. The SMILES string of the molecule is COCC(=O)Nc1cc(C(=O)NCCc2ccco2)c2c(c1)ncn2Cc1ccc(F)cc1. The summed E-state index contributed by atoms with van der Waals surface area (Å²) in [4.78, 5) is 29.6. The number of hydrogen-bond donors (Lipinski definition) is 2. The van der Waals surface area contributed by atoms with E-state index in [1.807, 2.05) is 10.6 Å². The summed E-state index contributed by atoms with van der Waals surface area (Å²) >= 11 is 0. The highest BCUT2D eigenvalue weighted by Crippen LogP contribution is 2.25. The summed E-state index contributed by atoms with van der Waals surface area (Å²) in [5, 5.41) is 5.62. The second kappa shape index (κ2) is 10.1. The van der Waals surface area contributed by atoms with Gasteiger partial charge in [0, 0.05) is 32.3 Å². The molecule has 8 nitrogen and oxygen atoms in total. The number of rotatable bonds is 9. The van der Waals surface area contributed by atoms with Crippen molar-refractivity contribution in [3.63, 3.8) is 0 Å². The molecule has 0 radical (unpaired) electrons. The van der Waals surface area contributed by atoms with Gasteiger partial charge in [0.25, 0.3) is 5.91 Å². The van der Waals surface area contributed by atoms with Crippen LogP contribution >= 0.6 is 0 Å². The van der Waals surface area contributed by atoms with Crippen LogP contribution < -0.4 is 10.6 Å². The van der Waals surface area contributed by atoms with E-state index in [4.69, 9.17) is 9.15 Å². The van der Waals surface area contributed by atoms with Gasteiger partial charge in [0.05, 0.1) is 29.2 Å². The van der Waals surface area contributed by atoms with Crippen LogP contribution in [0.4, 0.5) is 10.1 Å². The second-order valence-electron chi connectivity index (χ2n) is 7.46. The largest absolute Gasteiger partial charge is 0.469 e. The fourth-order valence-corrected chi connectivity index (χ4v) is 3.54. The van der Waals surface area contributed by atoms with Crippen LogP contribution in [-0.4, -0.2) is 41.6 Å². The molecule has 4 aromatic rings. The van der Waals surface area contributed by atoms with Crippen LogP contribution in [0.25, 0.3) is 11.0 Å². The third-order valence-corrected chi connectivity index (χ3v) is 5.02. The molecule has 2 N–H and O–H groups in total. The number of methoxy groups -OCH3 is 1. The van der Waals surface area contributed by atoms with E-state index in [1.165, 1.54) is 19.2 Å². The lowest BCUT2D eigenvalue weighted by atomic mass is 10.1. The Morgan fingerprint density at radius 3 is 2.73 bits per heavy atom. The average molecular weight is 450 g/mol. The van der Waals surface area contributed by atoms with Crippen LogP contribution in [0.5, 0.6) is 0 Å². The number of nitrogens with zero attached hydrogens (tertiary/aromatic N) is 2. The Balaban J connectivity index is 1.64. The number of fused-ring (bicyclic) bond motifs is 1. The molecule has 2 amide bonds. The number of anilines is 1. The van der Waals surface area contributed by atoms with E-state index in [2.05, 4.69) is 15.6 Å². The van der Waals surface area contributed by atoms with Gasteiger partial charge in [0.1, 0.15) is 18.2 Å². The second-order valence-corrected chi connectivity index (χ2v) is 7.46. The Kier molecular flexibility index (Phi) is 6.80. The van der Waals surface area contributed by atoms with E-state index >= 15 is 0 Å². The maximum atomic E-state index is 13.3. The van der Waals surface area contributed by atoms with E-state index in [9.17, 15) is 14.0 Å². The van der Waals surface area contributed by atoms with Gasteiger partial charge in [-0.05, 0) is 42.0 Å². The van der Waals surface area contributed by atoms with Gasteiger partial charge in [-0.3, -0.25) is 9.59 Å². The molecular formula is C24H23FN4O4. The molecule has 0 saturated carbocycles. The van der Waals surface area contributed by atoms with Crippen LogP contribution in [0.15, 0.2) is 65.5 Å². The first-order valence-electron chi connectivity index (χ1n) is 10.4. The molecule has 0 bridgehead atoms. The van der Waals surface area contributed by atoms with Crippen molar-refractivity contribution in [1.82, 2.24) is 14.9 Å². The summed E-state index contributed by atoms with van der Waals surface area (Å²) in [6, 6.07) is 13.1. The fourth-order valence-electron chi connectivity index (χ4n) is 3.54. The van der Waals surface area contributed by atoms with E-state index in [1.54, 1.807) is 42.9 Å². The molecule has 0 saturated heterocycles. The van der Waals surface area contributed by atoms with Crippen molar-refractivity contribution in [3.8, 4) is 0 Å². The van der Waals surface area contributed by atoms with Gasteiger partial charge in [-0.25, -0.2) is 9.37 Å². The van der Waals surface area contributed by atoms with Gasteiger partial charge in [-0.15, -0.1) is 0 Å². The number of benzene rings is 2. The van der Waals surface area contributed by atoms with Crippen LogP contribution in [0.3, 0.4) is 0 Å². The third-order valence-electron chi connectivity index (χ3n) is 5.02. The molecule has 0 spiro atoms. The molecule has 0 fully saturated rings. The molecule has 0 aliphatic rings. The van der Waals surface area contributed by atoms with Gasteiger partial charge < -0.3 is 24.4 Å². The minimum absolute atomic E-state index is 0.109. The highest BCUT2D eigenvalue weighted by molar-refractivity contribution is 6.07. The molecule has 2 heterocycles. The first kappa shape index (κ1) is 22.2. The van der Waals surface area contributed by atoms with Crippen LogP contribution in [-0.2, 0) is 22.5 Å². The minimum Gasteiger partial charge on any atom is -0.469 e. The van der Waals surface area contributed by atoms with Crippen molar-refractivity contribution in [2.24, 2.45) is 0 Å². The summed E-state index contributed by atoms with van der Waals surface area (Å²) in [6.45, 7) is 0.667. The van der Waals surface area contributed by atoms with Crippen molar-refractivity contribution < 1.29 is 23.1 Å². The molecule has 0 aliphatic carbocycles. The lowest BCUT2D eigenvalue weighted by Gasteiger charge is -2.12. The zero-order chi connectivity index (χ0) is 23.2. The Morgan fingerprint density at radius 2 is 2.00 bits per heavy atom. The Morgan fingerprint density at radius 1 is 1.18 bits per heavy atom. The fraction of sp³-hybridized carbons (Fsp3) is 0.208. The maximum Gasteiger partial charge on any atom is 0.253 e. The number of hydrogen-bond acceptors (Lipinski definition) is 5. The molecule has 2 aromatic heterocycles. The van der Waals surface area contributed by atoms with Crippen molar-refractivity contribution in [1.29, 1.82) is 0 Å². The number of imidazole rings is 1. The summed E-state index contributed by atoms with van der Waals surface area (Å²) in [7, 11) is 1.43. The molecule has 2 aromatic carbocycles. The van der Waals surface area contributed by atoms with Gasteiger partial charge in [-0.1, -0.05) is 12.1 Å². The predicted molar refractivity (Wildman–Crippen MR) is 120 cm³/mol. The Labute approximate surface area is 189 Å². The van der Waals surface area contributed by atoms with E-state index < -0.39 is 0 Å². The van der Waals surface area contributed by atoms with Crippen molar-refractivity contribution in [2.45, 2.75) is 13.0 Å². The zero-order valence-corrected chi connectivity index (χ0v) is 18.0. The monoisotopic (exact) mass is 450 g/mol. The van der Waals surface area contributed by atoms with E-state index in [0.29, 0.717) is 41.8 Å². The number of furan rings is 1. The van der Waals surface area contributed by atoms with Gasteiger partial charge in [0.2, 0.25) is 5.91 Å². The molecule has 0 atom stereocenters. The third kappa shape index (κ3) is 5.45. The van der Waals surface area contributed by atoms with Crippen molar-refractivity contribution >= 4 is 28.5 Å². The number of carbonyl (C=O) groups excluding carboxylic acids is 2. The maximum absolute atomic E-state index is 13.3. The van der Waals surface area contributed by atoms with Crippen LogP contribution in [0, 0.1) is 5.82 Å². The summed E-state index contributed by atoms with van der Waals surface area (Å²) < 4.78 is 25.3. The predicted octanol–water partition coefficient (Wildman–Crippen LogP) is 3.37. The quantitative estimate of drug-likeness (QED) is 0.407. The van der Waals surface area contributed by atoms with E-state index in [-0.39, 0.29) is 24.2 Å². The van der Waals surface area contributed by atoms with Gasteiger partial charge in [0.15, 0.2) is 0 Å². The first-order valence-corrected chi connectivity index (χ1v) is 10.4. The number of nitrogens with one attached hydrogen (secondary N) is 2. The Bertz CT molecular complexity index is 1250. The summed E-state index contributed by atoms with van der Waals surface area (Å²) in [6.07, 6.45) is 3.75. The van der Waals surface area contributed by atoms with Gasteiger partial charge in [-0.2, -0.15) is 0 Å². The molecule has 0 unspecified atom stereocenters. The number of halogens is 1. The van der Waals surface area contributed by atoms with E-state index in [0.717, 1.165) is 11.3 Å². The summed E-state index contributed by atoms with van der Waals surface area (Å²) in [5.74, 6) is -0.202. The minimum atomic E-state index is -0.341. The Hall–Kier alpha value is -3.98. The zero-order valence-electron chi connectivity index (χ0n) is 18.0. The molecule has 9 heteroatoms. The standard InChI is InChI=1S/C24H23FN4O4/c1-32-14-22(30)28-18-11-20(24(31)26-9-8-19-3-2-10-33-19)23-21(12-18)27-15-29(23)13-16-4-6-17(25)7-5-16/h2-7,10-12,15H,8-9,13-14H2,1H3,(H,26,31)(H,28,30). The molecular weight excluding hydrogens is 427 g/mol. The van der Waals surface area contributed by atoms with Gasteiger partial charge >= 0.3 is 0 Å². The number of aromatic nitrogens is 2. The smallest absolute Gasteiger partial charge is 0.253 e. The highest BCUT2D eigenvalue weighted by Gasteiger charge is 2.18. The molecule has 4 rings (SSSR count). The molecule has 170 valence electrons. The number of ether oxygens (including phenoxy) is 1. The number of carbonyl (C=O) groups is 2. The van der Waals surface area contributed by atoms with Crippen LogP contribution in [0.1, 0.15) is 21.7 Å². The lowest BCUT2D eigenvalue weighted by molar-refractivity contribution is -0.119. The lowest BCUT2D eigenvalue weighted by Crippen LogP contribution is -2.26. The average Bonchev–Trinajstić information content (AvgIpc) is 3.45. The van der Waals surface area contributed by atoms with Crippen LogP contribution in [0.2, 0.25) is 0 Å². The number of amides is 2. The first-order chi connectivity index (χ1) is 16.0. The highest BCUT2D eigenvalue weighted by atomic mass is 19.1. The topological polar surface area (TPSA) is 98.4 Å². The van der Waals surface area contributed by atoms with Crippen molar-refractivity contribution in [2.75, 3.05) is 25.6 Å². The molecule has 0 aliphatic heterocycles. The molecule has 33 heavy (non-hydrogen) atoms.